The predicted octanol–water partition coefficient (Wildman–Crippen LogP) is 2.14. The van der Waals surface area contributed by atoms with Crippen LogP contribution in [0.2, 0.25) is 0 Å². The van der Waals surface area contributed by atoms with Gasteiger partial charge in [-0.05, 0) is 6.07 Å². The van der Waals surface area contributed by atoms with Crippen molar-refractivity contribution < 1.29 is 9.31 Å². The number of guanidine groups is 1. The first-order valence-electron chi connectivity index (χ1n) is 6.50. The van der Waals surface area contributed by atoms with Gasteiger partial charge in [-0.2, -0.15) is 9.49 Å². The molecule has 1 aromatic carbocycles. The van der Waals surface area contributed by atoms with Gasteiger partial charge in [0.15, 0.2) is 4.96 Å². The van der Waals surface area contributed by atoms with E-state index in [0.29, 0.717) is 10.7 Å². The number of halogens is 2. The van der Waals surface area contributed by atoms with E-state index in [1.54, 1.807) is 16.0 Å². The number of fused-ring (bicyclic) bond motifs is 1. The molecular weight excluding hydrogens is 373 g/mol. The van der Waals surface area contributed by atoms with Gasteiger partial charge in [0.2, 0.25) is 11.8 Å². The lowest BCUT2D eigenvalue weighted by Gasteiger charge is -2.02. The zero-order valence-corrected chi connectivity index (χ0v) is 14.0. The number of nitro groups is 1. The highest BCUT2D eigenvalue weighted by molar-refractivity contribution is 7.15. The number of nitrogens with zero attached hydrogens (tertiary/aromatic N) is 5. The normalized spacial score (nSPS) is 10.8. The fraction of sp³-hybridized carbons (Fsp3) is 0. The summed E-state index contributed by atoms with van der Waals surface area (Å²) in [4.78, 5) is 15.0. The molecule has 2 aromatic heterocycles. The van der Waals surface area contributed by atoms with Gasteiger partial charge in [-0.25, -0.2) is 4.98 Å². The third kappa shape index (κ3) is 3.41. The van der Waals surface area contributed by atoms with Gasteiger partial charge in [0.1, 0.15) is 5.69 Å². The number of thiazole rings is 1. The summed E-state index contributed by atoms with van der Waals surface area (Å²) in [7, 11) is 0. The summed E-state index contributed by atoms with van der Waals surface area (Å²) in [6.07, 6.45) is 3.02. The molecule has 0 aliphatic heterocycles. The SMILES string of the molecule is Cl.NC(N)=N/N=C/c1c(-c2cccc([N+](=O)[O-])c2F)nc2sccn12. The maximum Gasteiger partial charge on any atom is 0.305 e. The van der Waals surface area contributed by atoms with Gasteiger partial charge in [-0.3, -0.25) is 14.5 Å². The summed E-state index contributed by atoms with van der Waals surface area (Å²) in [5.74, 6) is -1.20. The van der Waals surface area contributed by atoms with Crippen molar-refractivity contribution in [2.45, 2.75) is 0 Å². The smallest absolute Gasteiger partial charge is 0.305 e. The van der Waals surface area contributed by atoms with E-state index in [4.69, 9.17) is 11.5 Å². The highest BCUT2D eigenvalue weighted by Gasteiger charge is 2.23. The summed E-state index contributed by atoms with van der Waals surface area (Å²) in [5.41, 5.74) is 10.4. The van der Waals surface area contributed by atoms with Crippen molar-refractivity contribution in [1.82, 2.24) is 9.38 Å². The molecular formula is C13H11ClFN7O2S. The van der Waals surface area contributed by atoms with E-state index in [9.17, 15) is 14.5 Å². The van der Waals surface area contributed by atoms with Crippen molar-refractivity contribution in [3.05, 3.63) is 51.4 Å². The van der Waals surface area contributed by atoms with Gasteiger partial charge in [0.05, 0.1) is 16.8 Å². The molecule has 0 fully saturated rings. The van der Waals surface area contributed by atoms with Crippen LogP contribution < -0.4 is 11.5 Å². The van der Waals surface area contributed by atoms with Crippen LogP contribution in [0.5, 0.6) is 0 Å². The van der Waals surface area contributed by atoms with Crippen LogP contribution in [0.25, 0.3) is 16.2 Å². The lowest BCUT2D eigenvalue weighted by Crippen LogP contribution is -2.21. The average molecular weight is 384 g/mol. The first-order valence-corrected chi connectivity index (χ1v) is 7.38. The molecule has 2 heterocycles. The molecule has 25 heavy (non-hydrogen) atoms. The van der Waals surface area contributed by atoms with Crippen molar-refractivity contribution in [1.29, 1.82) is 0 Å². The number of benzene rings is 1. The Balaban J connectivity index is 0.00000225. The number of nitro benzene ring substituents is 1. The lowest BCUT2D eigenvalue weighted by molar-refractivity contribution is -0.387. The van der Waals surface area contributed by atoms with Crippen molar-refractivity contribution >= 4 is 46.6 Å². The van der Waals surface area contributed by atoms with E-state index in [2.05, 4.69) is 15.2 Å². The quantitative estimate of drug-likeness (QED) is 0.307. The highest BCUT2D eigenvalue weighted by atomic mass is 35.5. The summed E-state index contributed by atoms with van der Waals surface area (Å²) >= 11 is 1.32. The van der Waals surface area contributed by atoms with Crippen molar-refractivity contribution in [2.75, 3.05) is 0 Å². The number of aromatic nitrogens is 2. The molecule has 3 rings (SSSR count). The van der Waals surface area contributed by atoms with E-state index < -0.39 is 16.4 Å². The number of nitrogens with two attached hydrogens (primary N) is 2. The second kappa shape index (κ2) is 7.23. The Kier molecular flexibility index (Phi) is 5.29. The van der Waals surface area contributed by atoms with Crippen LogP contribution in [-0.4, -0.2) is 26.5 Å². The third-order valence-electron chi connectivity index (χ3n) is 3.08. The molecule has 130 valence electrons. The Morgan fingerprint density at radius 3 is 2.88 bits per heavy atom. The second-order valence-electron chi connectivity index (χ2n) is 4.57. The number of rotatable bonds is 4. The molecule has 0 atom stereocenters. The summed E-state index contributed by atoms with van der Waals surface area (Å²) in [6, 6.07) is 3.89. The molecule has 0 aliphatic rings. The first-order chi connectivity index (χ1) is 11.5. The minimum absolute atomic E-state index is 0. The maximum absolute atomic E-state index is 14.5. The van der Waals surface area contributed by atoms with Crippen LogP contribution in [0.15, 0.2) is 40.0 Å². The van der Waals surface area contributed by atoms with Crippen LogP contribution in [0.3, 0.4) is 0 Å². The van der Waals surface area contributed by atoms with Gasteiger partial charge in [-0.15, -0.1) is 28.8 Å². The fourth-order valence-corrected chi connectivity index (χ4v) is 2.84. The Morgan fingerprint density at radius 1 is 1.44 bits per heavy atom. The van der Waals surface area contributed by atoms with E-state index in [0.717, 1.165) is 6.07 Å². The largest absolute Gasteiger partial charge is 0.369 e. The van der Waals surface area contributed by atoms with Gasteiger partial charge in [-0.1, -0.05) is 6.07 Å². The Labute approximate surface area is 150 Å². The molecule has 0 aliphatic carbocycles. The Bertz CT molecular complexity index is 994. The fourth-order valence-electron chi connectivity index (χ4n) is 2.12. The van der Waals surface area contributed by atoms with Crippen LogP contribution >= 0.6 is 23.7 Å². The molecule has 12 heteroatoms. The van der Waals surface area contributed by atoms with Gasteiger partial charge < -0.3 is 11.5 Å². The number of hydrogen-bond acceptors (Lipinski definition) is 6. The Hall–Kier alpha value is -3.05. The van der Waals surface area contributed by atoms with Crippen molar-refractivity contribution in [2.24, 2.45) is 21.7 Å². The van der Waals surface area contributed by atoms with Crippen molar-refractivity contribution in [3.63, 3.8) is 0 Å². The minimum Gasteiger partial charge on any atom is -0.369 e. The molecule has 0 saturated heterocycles. The molecule has 9 nitrogen and oxygen atoms in total. The average Bonchev–Trinajstić information content (AvgIpc) is 3.09. The predicted molar refractivity (Wildman–Crippen MR) is 95.8 cm³/mol. The zero-order chi connectivity index (χ0) is 17.3. The maximum atomic E-state index is 14.5. The lowest BCUT2D eigenvalue weighted by atomic mass is 10.1. The van der Waals surface area contributed by atoms with Crippen LogP contribution in [0, 0.1) is 15.9 Å². The van der Waals surface area contributed by atoms with Gasteiger partial charge in [0, 0.05) is 23.2 Å². The standard InChI is InChI=1S/C13H10FN7O2S.ClH/c14-10-7(2-1-3-8(10)21(22)23)11-9(6-17-19-12(15)16)20-4-5-24-13(20)18-11;/h1-6H,(H4,15,16,19);1H/b17-6+;. The zero-order valence-electron chi connectivity index (χ0n) is 12.4. The van der Waals surface area contributed by atoms with E-state index in [1.165, 1.54) is 29.7 Å². The van der Waals surface area contributed by atoms with E-state index >= 15 is 0 Å². The molecule has 4 N–H and O–H groups in total. The van der Waals surface area contributed by atoms with Gasteiger partial charge >= 0.3 is 5.69 Å². The van der Waals surface area contributed by atoms with Crippen LogP contribution in [-0.2, 0) is 0 Å². The third-order valence-corrected chi connectivity index (χ3v) is 3.84. The van der Waals surface area contributed by atoms with Crippen LogP contribution in [0.4, 0.5) is 10.1 Å². The first kappa shape index (κ1) is 18.3. The topological polar surface area (TPSA) is 137 Å². The second-order valence-corrected chi connectivity index (χ2v) is 5.44. The Morgan fingerprint density at radius 2 is 2.20 bits per heavy atom. The number of hydrogen-bond donors (Lipinski definition) is 2. The summed E-state index contributed by atoms with van der Waals surface area (Å²) in [6.45, 7) is 0. The van der Waals surface area contributed by atoms with E-state index in [-0.39, 0.29) is 29.6 Å². The summed E-state index contributed by atoms with van der Waals surface area (Å²) < 4.78 is 16.1. The number of imidazole rings is 1. The highest BCUT2D eigenvalue weighted by Crippen LogP contribution is 2.31. The molecule has 0 unspecified atom stereocenters. The van der Waals surface area contributed by atoms with Gasteiger partial charge in [0.25, 0.3) is 0 Å². The summed E-state index contributed by atoms with van der Waals surface area (Å²) in [5, 5.41) is 19.9. The van der Waals surface area contributed by atoms with Crippen molar-refractivity contribution in [3.8, 4) is 11.3 Å². The monoisotopic (exact) mass is 383 g/mol. The minimum atomic E-state index is -0.968. The van der Waals surface area contributed by atoms with Crippen LogP contribution in [0.1, 0.15) is 5.69 Å². The molecule has 0 radical (unpaired) electrons. The molecule has 0 saturated carbocycles. The molecule has 3 aromatic rings. The molecule has 0 amide bonds. The molecule has 0 bridgehead atoms. The van der Waals surface area contributed by atoms with E-state index in [1.807, 2.05) is 0 Å². The molecule has 0 spiro atoms.